The Morgan fingerprint density at radius 2 is 2.05 bits per heavy atom. The van der Waals surface area contributed by atoms with E-state index in [0.29, 0.717) is 5.69 Å². The minimum absolute atomic E-state index is 0.0906. The fourth-order valence-electron chi connectivity index (χ4n) is 2.05. The first-order valence-electron chi connectivity index (χ1n) is 6.84. The number of pyridine rings is 1. The van der Waals surface area contributed by atoms with Crippen molar-refractivity contribution < 1.29 is 19.1 Å². The SMILES string of the molecule is COC(=O)C1CC1c1ccc(NC(=O)OC(C)(C)C)cn1. The number of ether oxygens (including phenoxy) is 2. The van der Waals surface area contributed by atoms with E-state index < -0.39 is 11.7 Å². The molecule has 0 bridgehead atoms. The summed E-state index contributed by atoms with van der Waals surface area (Å²) in [5.41, 5.74) is 0.850. The van der Waals surface area contributed by atoms with Crippen LogP contribution in [0.3, 0.4) is 0 Å². The average molecular weight is 292 g/mol. The summed E-state index contributed by atoms with van der Waals surface area (Å²) in [5, 5.41) is 2.61. The van der Waals surface area contributed by atoms with E-state index in [4.69, 9.17) is 9.47 Å². The largest absolute Gasteiger partial charge is 0.469 e. The van der Waals surface area contributed by atoms with Gasteiger partial charge in [-0.1, -0.05) is 0 Å². The molecule has 0 radical (unpaired) electrons. The number of anilines is 1. The summed E-state index contributed by atoms with van der Waals surface area (Å²) in [4.78, 5) is 27.3. The Labute approximate surface area is 123 Å². The third kappa shape index (κ3) is 4.18. The fourth-order valence-corrected chi connectivity index (χ4v) is 2.05. The topological polar surface area (TPSA) is 77.5 Å². The van der Waals surface area contributed by atoms with Gasteiger partial charge in [-0.05, 0) is 39.3 Å². The minimum atomic E-state index is -0.542. The standard InChI is InChI=1S/C15H20N2O4/c1-15(2,3)21-14(19)17-9-5-6-12(16-8-9)10-7-11(10)13(18)20-4/h5-6,8,10-11H,7H2,1-4H3,(H,17,19). The lowest BCUT2D eigenvalue weighted by molar-refractivity contribution is -0.142. The Morgan fingerprint density at radius 1 is 1.33 bits per heavy atom. The van der Waals surface area contributed by atoms with Crippen molar-refractivity contribution in [3.8, 4) is 0 Å². The second kappa shape index (κ2) is 5.71. The van der Waals surface area contributed by atoms with Crippen LogP contribution in [0.4, 0.5) is 10.5 Å². The number of esters is 1. The number of nitrogens with one attached hydrogen (secondary N) is 1. The molecule has 2 rings (SSSR count). The summed E-state index contributed by atoms with van der Waals surface area (Å²) in [6.45, 7) is 5.40. The molecule has 1 fully saturated rings. The number of hydrogen-bond donors (Lipinski definition) is 1. The van der Waals surface area contributed by atoms with Crippen LogP contribution in [0.25, 0.3) is 0 Å². The van der Waals surface area contributed by atoms with E-state index in [0.717, 1.165) is 12.1 Å². The summed E-state index contributed by atoms with van der Waals surface area (Å²) in [5.74, 6) is -0.169. The molecule has 1 aromatic heterocycles. The van der Waals surface area contributed by atoms with Gasteiger partial charge in [-0.3, -0.25) is 15.1 Å². The molecular weight excluding hydrogens is 272 g/mol. The Balaban J connectivity index is 1.91. The molecule has 2 unspecified atom stereocenters. The minimum Gasteiger partial charge on any atom is -0.469 e. The van der Waals surface area contributed by atoms with Gasteiger partial charge >= 0.3 is 12.1 Å². The van der Waals surface area contributed by atoms with Gasteiger partial charge in [0, 0.05) is 11.6 Å². The second-order valence-corrected chi connectivity index (χ2v) is 6.07. The summed E-state index contributed by atoms with van der Waals surface area (Å²) in [7, 11) is 1.39. The molecule has 0 saturated heterocycles. The molecular formula is C15H20N2O4. The lowest BCUT2D eigenvalue weighted by Gasteiger charge is -2.19. The number of methoxy groups -OCH3 is 1. The summed E-state index contributed by atoms with van der Waals surface area (Å²) in [6.07, 6.45) is 1.81. The predicted octanol–water partition coefficient (Wildman–Crippen LogP) is 2.71. The smallest absolute Gasteiger partial charge is 0.412 e. The molecule has 0 aliphatic heterocycles. The van der Waals surface area contributed by atoms with Crippen LogP contribution < -0.4 is 5.32 Å². The second-order valence-electron chi connectivity index (χ2n) is 6.07. The number of hydrogen-bond acceptors (Lipinski definition) is 5. The highest BCUT2D eigenvalue weighted by atomic mass is 16.6. The molecule has 1 aromatic rings. The monoisotopic (exact) mass is 292 g/mol. The van der Waals surface area contributed by atoms with E-state index in [2.05, 4.69) is 10.3 Å². The van der Waals surface area contributed by atoms with Crippen LogP contribution in [0.2, 0.25) is 0 Å². The molecule has 2 atom stereocenters. The van der Waals surface area contributed by atoms with Gasteiger partial charge in [0.1, 0.15) is 5.60 Å². The van der Waals surface area contributed by atoms with Crippen LogP contribution in [-0.2, 0) is 14.3 Å². The first-order valence-corrected chi connectivity index (χ1v) is 6.84. The summed E-state index contributed by atoms with van der Waals surface area (Å²) in [6, 6.07) is 3.55. The molecule has 21 heavy (non-hydrogen) atoms. The molecule has 6 heteroatoms. The summed E-state index contributed by atoms with van der Waals surface area (Å²) < 4.78 is 9.86. The number of aromatic nitrogens is 1. The van der Waals surface area contributed by atoms with E-state index in [9.17, 15) is 9.59 Å². The van der Waals surface area contributed by atoms with Crippen molar-refractivity contribution in [3.63, 3.8) is 0 Å². The molecule has 0 spiro atoms. The molecule has 114 valence electrons. The molecule has 1 amide bonds. The third-order valence-electron chi connectivity index (χ3n) is 3.11. The molecule has 0 aromatic carbocycles. The van der Waals surface area contributed by atoms with Crippen molar-refractivity contribution >= 4 is 17.7 Å². The van der Waals surface area contributed by atoms with Gasteiger partial charge < -0.3 is 9.47 Å². The van der Waals surface area contributed by atoms with Crippen molar-refractivity contribution in [3.05, 3.63) is 24.0 Å². The number of amides is 1. The van der Waals surface area contributed by atoms with Crippen molar-refractivity contribution in [2.45, 2.75) is 38.7 Å². The van der Waals surface area contributed by atoms with Crippen molar-refractivity contribution in [2.75, 3.05) is 12.4 Å². The van der Waals surface area contributed by atoms with E-state index in [1.54, 1.807) is 39.1 Å². The van der Waals surface area contributed by atoms with E-state index in [1.807, 2.05) is 0 Å². The van der Waals surface area contributed by atoms with Crippen LogP contribution in [0.15, 0.2) is 18.3 Å². The van der Waals surface area contributed by atoms with Gasteiger partial charge in [-0.2, -0.15) is 0 Å². The third-order valence-corrected chi connectivity index (χ3v) is 3.11. The Hall–Kier alpha value is -2.11. The van der Waals surface area contributed by atoms with Crippen molar-refractivity contribution in [1.82, 2.24) is 4.98 Å². The van der Waals surface area contributed by atoms with Gasteiger partial charge in [-0.15, -0.1) is 0 Å². The van der Waals surface area contributed by atoms with Crippen LogP contribution in [0.1, 0.15) is 38.8 Å². The average Bonchev–Trinajstić information content (AvgIpc) is 3.16. The molecule has 1 aliphatic rings. The highest BCUT2D eigenvalue weighted by Crippen LogP contribution is 2.47. The first-order chi connectivity index (χ1) is 9.80. The first kappa shape index (κ1) is 15.3. The molecule has 1 saturated carbocycles. The highest BCUT2D eigenvalue weighted by molar-refractivity contribution is 5.84. The molecule has 6 nitrogen and oxygen atoms in total. The quantitative estimate of drug-likeness (QED) is 0.867. The van der Waals surface area contributed by atoms with Crippen LogP contribution in [0, 0.1) is 5.92 Å². The van der Waals surface area contributed by atoms with Gasteiger partial charge in [0.05, 0.1) is 24.9 Å². The van der Waals surface area contributed by atoms with Crippen molar-refractivity contribution in [2.24, 2.45) is 5.92 Å². The van der Waals surface area contributed by atoms with Crippen LogP contribution in [-0.4, -0.2) is 29.8 Å². The lowest BCUT2D eigenvalue weighted by atomic mass is 10.2. The lowest BCUT2D eigenvalue weighted by Crippen LogP contribution is -2.27. The normalized spacial score (nSPS) is 20.6. The number of carbonyl (C=O) groups is 2. The van der Waals surface area contributed by atoms with Gasteiger partial charge in [0.25, 0.3) is 0 Å². The van der Waals surface area contributed by atoms with E-state index in [1.165, 1.54) is 7.11 Å². The zero-order valence-electron chi connectivity index (χ0n) is 12.7. The maximum atomic E-state index is 11.6. The zero-order chi connectivity index (χ0) is 15.6. The number of rotatable bonds is 3. The van der Waals surface area contributed by atoms with Crippen LogP contribution in [0.5, 0.6) is 0 Å². The number of carbonyl (C=O) groups excluding carboxylic acids is 2. The Bertz CT molecular complexity index is 534. The van der Waals surface area contributed by atoms with Crippen LogP contribution >= 0.6 is 0 Å². The van der Waals surface area contributed by atoms with E-state index >= 15 is 0 Å². The van der Waals surface area contributed by atoms with Gasteiger partial charge in [0.15, 0.2) is 0 Å². The number of nitrogens with zero attached hydrogens (tertiary/aromatic N) is 1. The molecule has 1 N–H and O–H groups in total. The maximum absolute atomic E-state index is 11.6. The van der Waals surface area contributed by atoms with Crippen molar-refractivity contribution in [1.29, 1.82) is 0 Å². The Kier molecular flexibility index (Phi) is 4.16. The predicted molar refractivity (Wildman–Crippen MR) is 77.0 cm³/mol. The van der Waals surface area contributed by atoms with Gasteiger partial charge in [-0.25, -0.2) is 4.79 Å². The Morgan fingerprint density at radius 3 is 2.57 bits per heavy atom. The molecule has 1 heterocycles. The molecule has 1 aliphatic carbocycles. The maximum Gasteiger partial charge on any atom is 0.412 e. The van der Waals surface area contributed by atoms with Gasteiger partial charge in [0.2, 0.25) is 0 Å². The summed E-state index contributed by atoms with van der Waals surface area (Å²) >= 11 is 0. The van der Waals surface area contributed by atoms with E-state index in [-0.39, 0.29) is 17.8 Å². The highest BCUT2D eigenvalue weighted by Gasteiger charge is 2.45. The zero-order valence-corrected chi connectivity index (χ0v) is 12.7. The fraction of sp³-hybridized carbons (Fsp3) is 0.533.